The summed E-state index contributed by atoms with van der Waals surface area (Å²) < 4.78 is 44.4. The third-order valence-electron chi connectivity index (χ3n) is 3.79. The number of nitro groups is 1. The highest BCUT2D eigenvalue weighted by Gasteiger charge is 2.39. The highest BCUT2D eigenvalue weighted by atomic mass is 19.4. The molecule has 2 aromatic carbocycles. The van der Waals surface area contributed by atoms with Gasteiger partial charge < -0.3 is 15.2 Å². The average Bonchev–Trinajstić information content (AvgIpc) is 2.60. The Morgan fingerprint density at radius 2 is 1.82 bits per heavy atom. The summed E-state index contributed by atoms with van der Waals surface area (Å²) in [4.78, 5) is 21.8. The van der Waals surface area contributed by atoms with E-state index in [1.165, 1.54) is 0 Å². The smallest absolute Gasteiger partial charge is 0.423 e. The van der Waals surface area contributed by atoms with Gasteiger partial charge in [0.25, 0.3) is 11.6 Å². The second kappa shape index (κ2) is 7.85. The number of hydrogen-bond donors (Lipinski definition) is 2. The van der Waals surface area contributed by atoms with Gasteiger partial charge in [-0.25, -0.2) is 0 Å². The van der Waals surface area contributed by atoms with E-state index in [4.69, 9.17) is 4.74 Å². The van der Waals surface area contributed by atoms with Crippen LogP contribution in [0.3, 0.4) is 0 Å². The van der Waals surface area contributed by atoms with E-state index in [1.54, 1.807) is 24.3 Å². The summed E-state index contributed by atoms with van der Waals surface area (Å²) in [6.07, 6.45) is -4.99. The Bertz CT molecular complexity index is 880. The number of nitrogens with zero attached hydrogens (tertiary/aromatic N) is 1. The van der Waals surface area contributed by atoms with Crippen LogP contribution in [0.5, 0.6) is 5.75 Å². The Hall–Kier alpha value is -3.14. The zero-order chi connectivity index (χ0) is 21.1. The number of aryl methyl sites for hydroxylation is 1. The number of benzene rings is 2. The van der Waals surface area contributed by atoms with E-state index in [2.05, 4.69) is 5.32 Å². The van der Waals surface area contributed by atoms with Crippen molar-refractivity contribution in [2.24, 2.45) is 0 Å². The molecule has 1 amide bonds. The molecule has 0 fully saturated rings. The van der Waals surface area contributed by atoms with Crippen molar-refractivity contribution < 1.29 is 32.7 Å². The maximum Gasteiger partial charge on any atom is 0.423 e. The maximum atomic E-state index is 13.0. The minimum atomic E-state index is -4.99. The van der Waals surface area contributed by atoms with Crippen molar-refractivity contribution in [3.05, 3.63) is 63.7 Å². The van der Waals surface area contributed by atoms with Gasteiger partial charge in [-0.1, -0.05) is 17.7 Å². The third-order valence-corrected chi connectivity index (χ3v) is 3.79. The van der Waals surface area contributed by atoms with Crippen molar-refractivity contribution in [3.8, 4) is 5.75 Å². The first-order chi connectivity index (χ1) is 12.9. The number of alkyl halides is 3. The lowest BCUT2D eigenvalue weighted by Crippen LogP contribution is -2.45. The minimum Gasteiger partial charge on any atom is -0.490 e. The van der Waals surface area contributed by atoms with Gasteiger partial charge in [0.1, 0.15) is 17.9 Å². The van der Waals surface area contributed by atoms with E-state index in [0.717, 1.165) is 18.6 Å². The molecule has 10 heteroatoms. The largest absolute Gasteiger partial charge is 0.490 e. The molecule has 0 radical (unpaired) electrons. The lowest BCUT2D eigenvalue weighted by molar-refractivity contribution is -0.388. The quantitative estimate of drug-likeness (QED) is 0.571. The number of rotatable bonds is 6. The first-order valence-corrected chi connectivity index (χ1v) is 7.99. The predicted octanol–water partition coefficient (Wildman–Crippen LogP) is 3.69. The fraction of sp³-hybridized carbons (Fsp3) is 0.278. The molecule has 150 valence electrons. The number of hydrogen-bond acceptors (Lipinski definition) is 5. The van der Waals surface area contributed by atoms with Crippen LogP contribution in [-0.2, 0) is 11.0 Å². The standard InChI is InChI=1S/C18H17F3N2O5/c1-11-3-6-13(7-4-11)28-10-17(2,25)16(24)22-12-5-8-15(23(26)27)14(9-12)18(19,20)21/h3-9,25H,10H2,1-2H3,(H,22,24)/t17-/m0/s1. The molecule has 2 N–H and O–H groups in total. The van der Waals surface area contributed by atoms with Crippen LogP contribution in [-0.4, -0.2) is 28.1 Å². The number of anilines is 1. The van der Waals surface area contributed by atoms with Crippen molar-refractivity contribution in [1.82, 2.24) is 0 Å². The van der Waals surface area contributed by atoms with Crippen LogP contribution in [0.2, 0.25) is 0 Å². The van der Waals surface area contributed by atoms with Gasteiger partial charge in [0.2, 0.25) is 0 Å². The molecule has 2 rings (SSSR count). The van der Waals surface area contributed by atoms with Crippen LogP contribution < -0.4 is 10.1 Å². The van der Waals surface area contributed by atoms with Crippen LogP contribution in [0, 0.1) is 17.0 Å². The fourth-order valence-electron chi connectivity index (χ4n) is 2.19. The maximum absolute atomic E-state index is 13.0. The fourth-order valence-corrected chi connectivity index (χ4v) is 2.19. The number of carbonyl (C=O) groups excluding carboxylic acids is 1. The first-order valence-electron chi connectivity index (χ1n) is 7.99. The number of ether oxygens (including phenoxy) is 1. The molecule has 0 saturated heterocycles. The molecule has 0 heterocycles. The molecule has 0 aliphatic carbocycles. The molecule has 0 aromatic heterocycles. The Labute approximate surface area is 157 Å². The molecule has 0 aliphatic heterocycles. The second-order valence-corrected chi connectivity index (χ2v) is 6.32. The van der Waals surface area contributed by atoms with Crippen LogP contribution >= 0.6 is 0 Å². The van der Waals surface area contributed by atoms with Crippen LogP contribution in [0.4, 0.5) is 24.5 Å². The highest BCUT2D eigenvalue weighted by molar-refractivity contribution is 5.97. The summed E-state index contributed by atoms with van der Waals surface area (Å²) in [5.41, 5.74) is -4.08. The van der Waals surface area contributed by atoms with Crippen LogP contribution in [0.15, 0.2) is 42.5 Å². The van der Waals surface area contributed by atoms with Gasteiger partial charge in [-0.05, 0) is 38.1 Å². The molecular formula is C18H17F3N2O5. The molecule has 0 bridgehead atoms. The Morgan fingerprint density at radius 1 is 1.21 bits per heavy atom. The molecule has 2 aromatic rings. The Kier molecular flexibility index (Phi) is 5.93. The summed E-state index contributed by atoms with van der Waals surface area (Å²) in [5, 5.41) is 23.1. The SMILES string of the molecule is Cc1ccc(OC[C@](C)(O)C(=O)Nc2ccc([N+](=O)[O-])c(C(F)(F)F)c2)cc1. The van der Waals surface area contributed by atoms with Crippen molar-refractivity contribution >= 4 is 17.3 Å². The van der Waals surface area contributed by atoms with Gasteiger partial charge in [-0.2, -0.15) is 13.2 Å². The summed E-state index contributed by atoms with van der Waals surface area (Å²) in [6.45, 7) is 2.54. The van der Waals surface area contributed by atoms with E-state index >= 15 is 0 Å². The number of nitrogens with one attached hydrogen (secondary N) is 1. The normalized spacial score (nSPS) is 13.5. The molecule has 0 unspecified atom stereocenters. The van der Waals surface area contributed by atoms with Gasteiger partial charge in [0.15, 0.2) is 5.60 Å². The monoisotopic (exact) mass is 398 g/mol. The van der Waals surface area contributed by atoms with Crippen molar-refractivity contribution in [1.29, 1.82) is 0 Å². The summed E-state index contributed by atoms with van der Waals surface area (Å²) in [7, 11) is 0. The second-order valence-electron chi connectivity index (χ2n) is 6.32. The van der Waals surface area contributed by atoms with Gasteiger partial charge >= 0.3 is 6.18 Å². The van der Waals surface area contributed by atoms with Gasteiger partial charge in [-0.3, -0.25) is 14.9 Å². The van der Waals surface area contributed by atoms with Crippen molar-refractivity contribution in [3.63, 3.8) is 0 Å². The van der Waals surface area contributed by atoms with E-state index in [1.807, 2.05) is 6.92 Å². The predicted molar refractivity (Wildman–Crippen MR) is 94.0 cm³/mol. The Balaban J connectivity index is 2.14. The average molecular weight is 398 g/mol. The zero-order valence-corrected chi connectivity index (χ0v) is 14.9. The minimum absolute atomic E-state index is 0.349. The van der Waals surface area contributed by atoms with E-state index < -0.39 is 40.5 Å². The van der Waals surface area contributed by atoms with Crippen LogP contribution in [0.25, 0.3) is 0 Å². The summed E-state index contributed by atoms with van der Waals surface area (Å²) >= 11 is 0. The molecule has 0 saturated carbocycles. The van der Waals surface area contributed by atoms with Gasteiger partial charge in [-0.15, -0.1) is 0 Å². The topological polar surface area (TPSA) is 102 Å². The van der Waals surface area contributed by atoms with E-state index in [9.17, 15) is 33.2 Å². The molecule has 0 aliphatic rings. The summed E-state index contributed by atoms with van der Waals surface area (Å²) in [5.74, 6) is -0.630. The third kappa shape index (κ3) is 5.19. The highest BCUT2D eigenvalue weighted by Crippen LogP contribution is 2.37. The molecule has 28 heavy (non-hydrogen) atoms. The Morgan fingerprint density at radius 3 is 2.36 bits per heavy atom. The molecule has 1 atom stereocenters. The number of carbonyl (C=O) groups is 1. The molecule has 7 nitrogen and oxygen atoms in total. The number of halogens is 3. The van der Waals surface area contributed by atoms with E-state index in [-0.39, 0.29) is 5.69 Å². The number of aliphatic hydroxyl groups is 1. The summed E-state index contributed by atoms with van der Waals surface area (Å²) in [6, 6.07) is 8.81. The van der Waals surface area contributed by atoms with Crippen molar-refractivity contribution in [2.75, 3.05) is 11.9 Å². The van der Waals surface area contributed by atoms with Crippen LogP contribution in [0.1, 0.15) is 18.1 Å². The number of amides is 1. The zero-order valence-electron chi connectivity index (χ0n) is 14.9. The van der Waals surface area contributed by atoms with Gasteiger partial charge in [0, 0.05) is 11.8 Å². The van der Waals surface area contributed by atoms with Gasteiger partial charge in [0.05, 0.1) is 4.92 Å². The lowest BCUT2D eigenvalue weighted by atomic mass is 10.1. The van der Waals surface area contributed by atoms with E-state index in [0.29, 0.717) is 17.9 Å². The lowest BCUT2D eigenvalue weighted by Gasteiger charge is -2.23. The molecule has 0 spiro atoms. The number of nitro benzene ring substituents is 1. The molecular weight excluding hydrogens is 381 g/mol. The first kappa shape index (κ1) is 21.2. The van der Waals surface area contributed by atoms with Crippen molar-refractivity contribution in [2.45, 2.75) is 25.6 Å².